The van der Waals surface area contributed by atoms with E-state index in [-0.39, 0.29) is 12.1 Å². The maximum atomic E-state index is 9.86. The van der Waals surface area contributed by atoms with Crippen molar-refractivity contribution in [3.8, 4) is 17.6 Å². The van der Waals surface area contributed by atoms with Gasteiger partial charge in [0.15, 0.2) is 11.5 Å². The van der Waals surface area contributed by atoms with Crippen LogP contribution in [0.15, 0.2) is 18.2 Å². The van der Waals surface area contributed by atoms with Crippen molar-refractivity contribution < 1.29 is 14.6 Å². The summed E-state index contributed by atoms with van der Waals surface area (Å²) in [6, 6.07) is 6.96. The normalized spacial score (nSPS) is 12.6. The Hall–Kier alpha value is -1.77. The van der Waals surface area contributed by atoms with Gasteiger partial charge in [-0.1, -0.05) is 0 Å². The predicted molar refractivity (Wildman–Crippen MR) is 77.0 cm³/mol. The van der Waals surface area contributed by atoms with Gasteiger partial charge in [-0.05, 0) is 32.9 Å². The highest BCUT2D eigenvalue weighted by Crippen LogP contribution is 2.27. The Bertz CT molecular complexity index is 475. The van der Waals surface area contributed by atoms with Crippen LogP contribution in [0.5, 0.6) is 11.5 Å². The van der Waals surface area contributed by atoms with Gasteiger partial charge in [-0.15, -0.1) is 0 Å². The molecule has 0 aliphatic rings. The van der Waals surface area contributed by atoms with E-state index in [4.69, 9.17) is 14.7 Å². The third-order valence-electron chi connectivity index (χ3n) is 2.59. The first-order valence-corrected chi connectivity index (χ1v) is 6.50. The topological polar surface area (TPSA) is 74.5 Å². The molecule has 0 fully saturated rings. The zero-order chi connectivity index (χ0) is 15.2. The number of aliphatic hydroxyl groups is 1. The number of β-amino-alcohol motifs (C(OH)–C–C–N with tert-alkyl or cyclic N) is 1. The molecule has 1 atom stereocenters. The molecule has 1 rings (SSSR count). The lowest BCUT2D eigenvalue weighted by Crippen LogP contribution is -2.42. The number of aliphatic hydroxyl groups excluding tert-OH is 1. The van der Waals surface area contributed by atoms with Crippen LogP contribution in [0.3, 0.4) is 0 Å². The smallest absolute Gasteiger partial charge is 0.162 e. The molecule has 2 N–H and O–H groups in total. The first-order valence-electron chi connectivity index (χ1n) is 6.50. The Labute approximate surface area is 120 Å². The minimum absolute atomic E-state index is 0.0485. The van der Waals surface area contributed by atoms with Crippen LogP contribution >= 0.6 is 0 Å². The van der Waals surface area contributed by atoms with Crippen LogP contribution in [-0.4, -0.2) is 37.0 Å². The van der Waals surface area contributed by atoms with Crippen molar-refractivity contribution in [1.82, 2.24) is 5.32 Å². The summed E-state index contributed by atoms with van der Waals surface area (Å²) < 4.78 is 10.7. The molecule has 0 radical (unpaired) electrons. The number of benzene rings is 1. The third-order valence-corrected chi connectivity index (χ3v) is 2.59. The van der Waals surface area contributed by atoms with E-state index < -0.39 is 6.10 Å². The minimum atomic E-state index is -0.616. The average molecular weight is 278 g/mol. The zero-order valence-corrected chi connectivity index (χ0v) is 12.4. The van der Waals surface area contributed by atoms with E-state index >= 15 is 0 Å². The second-order valence-electron chi connectivity index (χ2n) is 5.57. The van der Waals surface area contributed by atoms with Crippen LogP contribution in [0.4, 0.5) is 0 Å². The molecular formula is C15H22N2O3. The monoisotopic (exact) mass is 278 g/mol. The molecule has 110 valence electrons. The summed E-state index contributed by atoms with van der Waals surface area (Å²) in [5.41, 5.74) is 0.455. The molecule has 0 aliphatic carbocycles. The average Bonchev–Trinajstić information content (AvgIpc) is 2.41. The van der Waals surface area contributed by atoms with Crippen LogP contribution in [0.2, 0.25) is 0 Å². The van der Waals surface area contributed by atoms with Crippen LogP contribution in [0.1, 0.15) is 26.3 Å². The molecule has 20 heavy (non-hydrogen) atoms. The Kier molecular flexibility index (Phi) is 5.81. The molecule has 0 saturated heterocycles. The van der Waals surface area contributed by atoms with Crippen molar-refractivity contribution >= 4 is 0 Å². The van der Waals surface area contributed by atoms with Crippen molar-refractivity contribution in [2.24, 2.45) is 0 Å². The Morgan fingerprint density at radius 3 is 2.60 bits per heavy atom. The predicted octanol–water partition coefficient (Wildman–Crippen LogP) is 1.69. The highest BCUT2D eigenvalue weighted by molar-refractivity contribution is 5.46. The van der Waals surface area contributed by atoms with Gasteiger partial charge in [-0.3, -0.25) is 0 Å². The highest BCUT2D eigenvalue weighted by Gasteiger charge is 2.13. The van der Waals surface area contributed by atoms with Crippen molar-refractivity contribution in [3.63, 3.8) is 0 Å². The summed E-state index contributed by atoms with van der Waals surface area (Å²) in [7, 11) is 1.51. The van der Waals surface area contributed by atoms with Crippen molar-refractivity contribution in [2.75, 3.05) is 20.3 Å². The number of hydrogen-bond donors (Lipinski definition) is 2. The second-order valence-corrected chi connectivity index (χ2v) is 5.57. The minimum Gasteiger partial charge on any atom is -0.493 e. The molecule has 1 unspecified atom stereocenters. The first-order chi connectivity index (χ1) is 9.35. The fraction of sp³-hybridized carbons (Fsp3) is 0.533. The van der Waals surface area contributed by atoms with Gasteiger partial charge in [0.05, 0.1) is 18.7 Å². The molecule has 0 heterocycles. The zero-order valence-electron chi connectivity index (χ0n) is 12.4. The van der Waals surface area contributed by atoms with E-state index in [0.29, 0.717) is 23.6 Å². The van der Waals surface area contributed by atoms with Crippen molar-refractivity contribution in [3.05, 3.63) is 23.8 Å². The SMILES string of the molecule is COc1cc(C#N)ccc1OCC(O)CNC(C)(C)C. The van der Waals surface area contributed by atoms with Crippen LogP contribution < -0.4 is 14.8 Å². The molecule has 0 bridgehead atoms. The van der Waals surface area contributed by atoms with Gasteiger partial charge in [0.2, 0.25) is 0 Å². The first kappa shape index (κ1) is 16.3. The fourth-order valence-corrected chi connectivity index (χ4v) is 1.53. The highest BCUT2D eigenvalue weighted by atomic mass is 16.5. The van der Waals surface area contributed by atoms with Gasteiger partial charge in [-0.25, -0.2) is 0 Å². The molecule has 0 amide bonds. The molecule has 0 aromatic heterocycles. The quantitative estimate of drug-likeness (QED) is 0.828. The largest absolute Gasteiger partial charge is 0.493 e. The molecule has 5 heteroatoms. The summed E-state index contributed by atoms with van der Waals surface area (Å²) in [6.07, 6.45) is -0.616. The maximum Gasteiger partial charge on any atom is 0.162 e. The van der Waals surface area contributed by atoms with Gasteiger partial charge < -0.3 is 19.9 Å². The molecule has 1 aromatic rings. The van der Waals surface area contributed by atoms with Crippen LogP contribution in [0, 0.1) is 11.3 Å². The van der Waals surface area contributed by atoms with Crippen molar-refractivity contribution in [1.29, 1.82) is 5.26 Å². The molecular weight excluding hydrogens is 256 g/mol. The van der Waals surface area contributed by atoms with E-state index in [2.05, 4.69) is 5.32 Å². The lowest BCUT2D eigenvalue weighted by atomic mass is 10.1. The second kappa shape index (κ2) is 7.13. The lowest BCUT2D eigenvalue weighted by molar-refractivity contribution is 0.0985. The van der Waals surface area contributed by atoms with Gasteiger partial charge in [-0.2, -0.15) is 5.26 Å². The van der Waals surface area contributed by atoms with Gasteiger partial charge in [0.25, 0.3) is 0 Å². The van der Waals surface area contributed by atoms with Gasteiger partial charge in [0, 0.05) is 18.2 Å². The third kappa shape index (κ3) is 5.47. The number of methoxy groups -OCH3 is 1. The number of nitriles is 1. The Balaban J connectivity index is 2.55. The van der Waals surface area contributed by atoms with Crippen LogP contribution in [0.25, 0.3) is 0 Å². The van der Waals surface area contributed by atoms with Gasteiger partial charge >= 0.3 is 0 Å². The van der Waals surface area contributed by atoms with Crippen LogP contribution in [-0.2, 0) is 0 Å². The van der Waals surface area contributed by atoms with Gasteiger partial charge in [0.1, 0.15) is 12.7 Å². The van der Waals surface area contributed by atoms with Crippen molar-refractivity contribution in [2.45, 2.75) is 32.4 Å². The Morgan fingerprint density at radius 1 is 1.35 bits per heavy atom. The Morgan fingerprint density at radius 2 is 2.05 bits per heavy atom. The maximum absolute atomic E-state index is 9.86. The van der Waals surface area contributed by atoms with E-state index in [1.807, 2.05) is 26.8 Å². The number of rotatable bonds is 6. The summed E-state index contributed by atoms with van der Waals surface area (Å²) in [5, 5.41) is 21.9. The number of ether oxygens (including phenoxy) is 2. The summed E-state index contributed by atoms with van der Waals surface area (Å²) in [5.74, 6) is 1.00. The summed E-state index contributed by atoms with van der Waals surface area (Å²) >= 11 is 0. The van der Waals surface area contributed by atoms with E-state index in [9.17, 15) is 5.11 Å². The van der Waals surface area contributed by atoms with E-state index in [0.717, 1.165) is 0 Å². The lowest BCUT2D eigenvalue weighted by Gasteiger charge is -2.23. The van der Waals surface area contributed by atoms with E-state index in [1.165, 1.54) is 7.11 Å². The number of nitrogens with zero attached hydrogens (tertiary/aromatic N) is 1. The molecule has 0 spiro atoms. The molecule has 5 nitrogen and oxygen atoms in total. The van der Waals surface area contributed by atoms with E-state index in [1.54, 1.807) is 18.2 Å². The number of nitrogens with one attached hydrogen (secondary N) is 1. The summed E-state index contributed by atoms with van der Waals surface area (Å²) in [6.45, 7) is 6.70. The molecule has 1 aromatic carbocycles. The standard InChI is InChI=1S/C15H22N2O3/c1-15(2,3)17-9-12(18)10-20-13-6-5-11(8-16)7-14(13)19-4/h5-7,12,17-18H,9-10H2,1-4H3. The summed E-state index contributed by atoms with van der Waals surface area (Å²) in [4.78, 5) is 0. The molecule has 0 saturated carbocycles. The molecule has 0 aliphatic heterocycles. The fourth-order valence-electron chi connectivity index (χ4n) is 1.53. The number of hydrogen-bond acceptors (Lipinski definition) is 5.